The Morgan fingerprint density at radius 3 is 2.71 bits per heavy atom. The number of carbonyl (C=O) groups is 1. The van der Waals surface area contributed by atoms with Crippen LogP contribution in [0.2, 0.25) is 0 Å². The summed E-state index contributed by atoms with van der Waals surface area (Å²) < 4.78 is 19.7. The largest absolute Gasteiger partial charge is 0.489 e. The molecule has 1 atom stereocenters. The second-order valence-corrected chi connectivity index (χ2v) is 10.0. The number of nitrogens with zero attached hydrogens (tertiary/aromatic N) is 3. The number of anilines is 1. The minimum atomic E-state index is -0.315. The third-order valence-corrected chi connectivity index (χ3v) is 7.66. The second kappa shape index (κ2) is 9.98. The fourth-order valence-electron chi connectivity index (χ4n) is 5.16. The zero-order valence-electron chi connectivity index (χ0n) is 20.7. The van der Waals surface area contributed by atoms with Crippen LogP contribution >= 0.6 is 0 Å². The van der Waals surface area contributed by atoms with Crippen molar-refractivity contribution in [2.45, 2.75) is 95.9 Å². The van der Waals surface area contributed by atoms with Crippen LogP contribution in [-0.2, 0) is 15.9 Å². The van der Waals surface area contributed by atoms with E-state index in [-0.39, 0.29) is 18.2 Å². The van der Waals surface area contributed by atoms with Gasteiger partial charge >= 0.3 is 6.09 Å². The van der Waals surface area contributed by atoms with Crippen molar-refractivity contribution in [2.24, 2.45) is 0 Å². The Morgan fingerprint density at radius 2 is 2.00 bits per heavy atom. The molecule has 0 radical (unpaired) electrons. The molecule has 0 unspecified atom stereocenters. The summed E-state index contributed by atoms with van der Waals surface area (Å²) in [6.45, 7) is 5.12. The zero-order valence-corrected chi connectivity index (χ0v) is 20.7. The van der Waals surface area contributed by atoms with Gasteiger partial charge in [-0.1, -0.05) is 13.3 Å². The molecule has 1 aliphatic heterocycles. The lowest BCUT2D eigenvalue weighted by Crippen LogP contribution is -2.42. The van der Waals surface area contributed by atoms with Crippen molar-refractivity contribution in [3.63, 3.8) is 0 Å². The van der Waals surface area contributed by atoms with E-state index >= 15 is 0 Å². The van der Waals surface area contributed by atoms with Gasteiger partial charge in [-0.2, -0.15) is 5.10 Å². The van der Waals surface area contributed by atoms with Gasteiger partial charge in [0.05, 0.1) is 37.2 Å². The second-order valence-electron chi connectivity index (χ2n) is 10.0. The number of hydrogen-bond donors (Lipinski definition) is 0. The van der Waals surface area contributed by atoms with Gasteiger partial charge in [0.1, 0.15) is 5.75 Å². The average molecular weight is 468 g/mol. The van der Waals surface area contributed by atoms with Crippen molar-refractivity contribution >= 4 is 11.8 Å². The Kier molecular flexibility index (Phi) is 6.82. The lowest BCUT2D eigenvalue weighted by molar-refractivity contribution is -0.0296. The number of rotatable bonds is 8. The van der Waals surface area contributed by atoms with E-state index in [4.69, 9.17) is 19.3 Å². The van der Waals surface area contributed by atoms with Crippen molar-refractivity contribution in [1.29, 1.82) is 0 Å². The molecular formula is C27H37N3O4. The molecule has 2 saturated carbocycles. The van der Waals surface area contributed by atoms with Gasteiger partial charge in [-0.3, -0.25) is 9.58 Å². The number of carbonyl (C=O) groups excluding carboxylic acids is 1. The first-order valence-electron chi connectivity index (χ1n) is 12.9. The molecule has 1 aromatic carbocycles. The molecular weight excluding hydrogens is 430 g/mol. The molecule has 1 aromatic heterocycles. The highest BCUT2D eigenvalue weighted by atomic mass is 16.5. The minimum Gasteiger partial charge on any atom is -0.489 e. The Labute approximate surface area is 202 Å². The molecule has 0 saturated heterocycles. The summed E-state index contributed by atoms with van der Waals surface area (Å²) in [5.74, 6) is 0.914. The summed E-state index contributed by atoms with van der Waals surface area (Å²) in [4.78, 5) is 14.3. The quantitative estimate of drug-likeness (QED) is 0.452. The average Bonchev–Trinajstić information content (AvgIpc) is 3.26. The topological polar surface area (TPSA) is 65.8 Å². The molecule has 2 aromatic rings. The predicted octanol–water partition coefficient (Wildman–Crippen LogP) is 5.91. The molecule has 2 heterocycles. The molecule has 0 spiro atoms. The first-order valence-corrected chi connectivity index (χ1v) is 12.9. The van der Waals surface area contributed by atoms with Crippen molar-refractivity contribution in [3.8, 4) is 16.9 Å². The first-order chi connectivity index (χ1) is 16.6. The number of aromatic nitrogens is 2. The Balaban J connectivity index is 1.41. The Morgan fingerprint density at radius 1 is 1.18 bits per heavy atom. The molecule has 184 valence electrons. The van der Waals surface area contributed by atoms with Crippen molar-refractivity contribution in [2.75, 3.05) is 18.6 Å². The van der Waals surface area contributed by atoms with E-state index in [1.165, 1.54) is 20.0 Å². The lowest BCUT2D eigenvalue weighted by Gasteiger charge is -2.37. The predicted molar refractivity (Wildman–Crippen MR) is 132 cm³/mol. The third-order valence-electron chi connectivity index (χ3n) is 7.66. The zero-order chi connectivity index (χ0) is 23.7. The molecule has 2 fully saturated rings. The van der Waals surface area contributed by atoms with Crippen molar-refractivity contribution < 1.29 is 19.0 Å². The molecule has 1 amide bonds. The van der Waals surface area contributed by atoms with Crippen LogP contribution in [0.1, 0.15) is 76.8 Å². The number of fused-ring (bicyclic) bond motifs is 1. The van der Waals surface area contributed by atoms with Crippen LogP contribution in [0.4, 0.5) is 10.5 Å². The van der Waals surface area contributed by atoms with Gasteiger partial charge < -0.3 is 14.2 Å². The number of methoxy groups -OCH3 is 1. The molecule has 7 heteroatoms. The molecule has 3 aliphatic rings. The molecule has 34 heavy (non-hydrogen) atoms. The summed E-state index contributed by atoms with van der Waals surface area (Å²) in [5, 5.41) is 4.70. The van der Waals surface area contributed by atoms with Crippen LogP contribution in [0, 0.1) is 0 Å². The maximum atomic E-state index is 12.6. The Bertz CT molecular complexity index is 1010. The number of amides is 1. The number of benzene rings is 1. The highest BCUT2D eigenvalue weighted by Gasteiger charge is 2.35. The molecule has 5 rings (SSSR count). The molecule has 0 bridgehead atoms. The molecule has 0 N–H and O–H groups in total. The van der Waals surface area contributed by atoms with Crippen molar-refractivity contribution in [1.82, 2.24) is 9.78 Å². The summed E-state index contributed by atoms with van der Waals surface area (Å²) in [5.41, 5.74) is 4.14. The van der Waals surface area contributed by atoms with E-state index in [1.807, 2.05) is 12.3 Å². The van der Waals surface area contributed by atoms with Crippen LogP contribution in [-0.4, -0.2) is 47.8 Å². The summed E-state index contributed by atoms with van der Waals surface area (Å²) in [7, 11) is 1.44. The standard InChI is InChI=1S/C27H37N3O4/c1-4-5-13-33-22-14-20(15-22)29-17-19(16-28-29)23-11-12-25-24(26(23)34-21-7-6-8-21)10-9-18(2)30(25)27(31)32-3/h11-12,16-18,20-22H,4-10,13-15H2,1-3H3/t18-,20?,22?/m0/s1. The fraction of sp³-hybridized carbons (Fsp3) is 0.630. The van der Waals surface area contributed by atoms with E-state index < -0.39 is 0 Å². The van der Waals surface area contributed by atoms with Crippen LogP contribution in [0.25, 0.3) is 11.1 Å². The highest BCUT2D eigenvalue weighted by molar-refractivity contribution is 5.92. The van der Waals surface area contributed by atoms with E-state index in [1.54, 1.807) is 4.90 Å². The molecule has 7 nitrogen and oxygen atoms in total. The lowest BCUT2D eigenvalue weighted by atomic mass is 9.89. The van der Waals surface area contributed by atoms with E-state index in [2.05, 4.69) is 30.8 Å². The first kappa shape index (κ1) is 23.2. The van der Waals surface area contributed by atoms with E-state index in [9.17, 15) is 4.79 Å². The third kappa shape index (κ3) is 4.42. The fourth-order valence-corrected chi connectivity index (χ4v) is 5.16. The van der Waals surface area contributed by atoms with Gasteiger partial charge in [-0.25, -0.2) is 4.79 Å². The van der Waals surface area contributed by atoms with Gasteiger partial charge in [0.15, 0.2) is 0 Å². The van der Waals surface area contributed by atoms with Gasteiger partial charge in [-0.05, 0) is 70.4 Å². The van der Waals surface area contributed by atoms with Crippen LogP contribution < -0.4 is 9.64 Å². The van der Waals surface area contributed by atoms with Gasteiger partial charge in [0.25, 0.3) is 0 Å². The summed E-state index contributed by atoms with van der Waals surface area (Å²) in [6, 6.07) is 4.61. The van der Waals surface area contributed by atoms with E-state index in [0.717, 1.165) is 79.7 Å². The van der Waals surface area contributed by atoms with Gasteiger partial charge in [0, 0.05) is 35.5 Å². The minimum absolute atomic E-state index is 0.0937. The summed E-state index contributed by atoms with van der Waals surface area (Å²) >= 11 is 0. The number of unbranched alkanes of at least 4 members (excludes halogenated alkanes) is 1. The number of ether oxygens (including phenoxy) is 3. The number of hydrogen-bond acceptors (Lipinski definition) is 5. The maximum absolute atomic E-state index is 12.6. The van der Waals surface area contributed by atoms with Crippen molar-refractivity contribution in [3.05, 3.63) is 30.1 Å². The summed E-state index contributed by atoms with van der Waals surface area (Å²) in [6.07, 6.45) is 13.9. The highest BCUT2D eigenvalue weighted by Crippen LogP contribution is 2.45. The monoisotopic (exact) mass is 467 g/mol. The maximum Gasteiger partial charge on any atom is 0.414 e. The van der Waals surface area contributed by atoms with E-state index in [0.29, 0.717) is 12.1 Å². The van der Waals surface area contributed by atoms with Gasteiger partial charge in [-0.15, -0.1) is 0 Å². The normalized spacial score (nSPS) is 24.2. The smallest absolute Gasteiger partial charge is 0.414 e. The Hall–Kier alpha value is -2.54. The van der Waals surface area contributed by atoms with Crippen LogP contribution in [0.15, 0.2) is 24.5 Å². The van der Waals surface area contributed by atoms with Crippen LogP contribution in [0.5, 0.6) is 5.75 Å². The van der Waals surface area contributed by atoms with Gasteiger partial charge in [0.2, 0.25) is 0 Å². The molecule has 2 aliphatic carbocycles. The van der Waals surface area contributed by atoms with Crippen LogP contribution in [0.3, 0.4) is 0 Å². The SMILES string of the molecule is CCCCOC1CC(n2cc(-c3ccc4c(c3OC3CCC3)CC[C@H](C)N4C(=O)OC)cn2)C1.